The number of hydrogen-bond acceptors (Lipinski definition) is 13. The van der Waals surface area contributed by atoms with Crippen LogP contribution in [0.15, 0.2) is 57.8 Å². The van der Waals surface area contributed by atoms with Gasteiger partial charge in [-0.2, -0.15) is 9.97 Å². The molecule has 0 saturated heterocycles. The number of pyridine rings is 2. The quantitative estimate of drug-likeness (QED) is 0.0512. The van der Waals surface area contributed by atoms with E-state index in [4.69, 9.17) is 13.8 Å². The van der Waals surface area contributed by atoms with Crippen molar-refractivity contribution < 1.29 is 23.4 Å². The lowest BCUT2D eigenvalue weighted by molar-refractivity contribution is -0.163. The van der Waals surface area contributed by atoms with Gasteiger partial charge in [0.2, 0.25) is 11.8 Å². The van der Waals surface area contributed by atoms with Crippen molar-refractivity contribution in [3.05, 3.63) is 72.2 Å². The molecule has 1 fully saturated rings. The number of aromatic nitrogens is 6. The Bertz CT molecular complexity index is 1620. The number of esters is 2. The Balaban J connectivity index is 1.04. The van der Waals surface area contributed by atoms with Gasteiger partial charge in [0.1, 0.15) is 11.6 Å². The van der Waals surface area contributed by atoms with Gasteiger partial charge in [-0.05, 0) is 80.0 Å². The minimum atomic E-state index is -0.534. The largest absolute Gasteiger partial charge is 0.393 e. The summed E-state index contributed by atoms with van der Waals surface area (Å²) < 4.78 is 16.6. The van der Waals surface area contributed by atoms with Crippen molar-refractivity contribution in [1.82, 2.24) is 30.2 Å². The zero-order valence-electron chi connectivity index (χ0n) is 30.1. The van der Waals surface area contributed by atoms with Crippen LogP contribution in [-0.2, 0) is 40.0 Å². The number of nitrogens with one attached hydrogen (secondary N) is 2. The monoisotopic (exact) mass is 700 g/mol. The van der Waals surface area contributed by atoms with Crippen LogP contribution in [0.1, 0.15) is 114 Å². The average molecular weight is 701 g/mol. The van der Waals surface area contributed by atoms with Gasteiger partial charge in [-0.25, -0.2) is 9.97 Å². The Morgan fingerprint density at radius 3 is 1.96 bits per heavy atom. The van der Waals surface area contributed by atoms with Crippen molar-refractivity contribution in [2.45, 2.75) is 117 Å². The van der Waals surface area contributed by atoms with Crippen molar-refractivity contribution in [3.63, 3.8) is 0 Å². The molecule has 13 nitrogen and oxygen atoms in total. The second-order valence-electron chi connectivity index (χ2n) is 14.2. The molecule has 0 aliphatic heterocycles. The Labute approximate surface area is 300 Å². The molecular formula is C38H52N8O5. The summed E-state index contributed by atoms with van der Waals surface area (Å²) in [7, 11) is 0. The van der Waals surface area contributed by atoms with Crippen LogP contribution in [0.3, 0.4) is 0 Å². The van der Waals surface area contributed by atoms with Crippen molar-refractivity contribution >= 4 is 23.6 Å². The van der Waals surface area contributed by atoms with Crippen molar-refractivity contribution in [1.29, 1.82) is 0 Å². The van der Waals surface area contributed by atoms with E-state index in [0.717, 1.165) is 82.5 Å². The lowest BCUT2D eigenvalue weighted by atomic mass is 9.69. The zero-order valence-corrected chi connectivity index (χ0v) is 30.1. The molecule has 0 amide bonds. The topological polar surface area (TPSA) is 171 Å². The number of hydrogen-bond donors (Lipinski definition) is 2. The molecule has 4 aromatic heterocycles. The number of carbonyl (C=O) groups excluding carboxylic acids is 2. The van der Waals surface area contributed by atoms with Crippen LogP contribution in [0, 0.1) is 10.8 Å². The predicted octanol–water partition coefficient (Wildman–Crippen LogP) is 7.11. The minimum Gasteiger partial charge on any atom is -0.393 e. The summed E-state index contributed by atoms with van der Waals surface area (Å²) in [6.45, 7) is 5.62. The molecule has 1 aliphatic carbocycles. The van der Waals surface area contributed by atoms with E-state index in [2.05, 4.69) is 40.9 Å². The molecule has 13 heteroatoms. The lowest BCUT2D eigenvalue weighted by Gasteiger charge is -2.35. The molecule has 0 radical (unpaired) electrons. The van der Waals surface area contributed by atoms with E-state index in [9.17, 15) is 9.59 Å². The van der Waals surface area contributed by atoms with Crippen LogP contribution in [0.2, 0.25) is 0 Å². The first-order valence-corrected chi connectivity index (χ1v) is 18.5. The molecule has 1 atom stereocenters. The Kier molecular flexibility index (Phi) is 14.1. The van der Waals surface area contributed by atoms with Crippen molar-refractivity contribution in [2.24, 2.45) is 10.8 Å². The molecule has 4 aromatic rings. The molecule has 274 valence electrons. The highest BCUT2D eigenvalue weighted by molar-refractivity contribution is 5.86. The van der Waals surface area contributed by atoms with Gasteiger partial charge >= 0.3 is 11.9 Å². The first kappa shape index (κ1) is 37.6. The van der Waals surface area contributed by atoms with Gasteiger partial charge in [-0.1, -0.05) is 55.6 Å². The summed E-state index contributed by atoms with van der Waals surface area (Å²) in [4.78, 5) is 44.1. The molecule has 1 aliphatic rings. The number of unbranched alkanes of at least 4 members (excludes halogenated alkanes) is 2. The highest BCUT2D eigenvalue weighted by Crippen LogP contribution is 2.42. The molecule has 1 saturated carbocycles. The molecule has 51 heavy (non-hydrogen) atoms. The zero-order chi connectivity index (χ0) is 35.8. The third-order valence-corrected chi connectivity index (χ3v) is 9.81. The van der Waals surface area contributed by atoms with Crippen LogP contribution in [0.25, 0.3) is 0 Å². The molecule has 4 heterocycles. The Morgan fingerprint density at radius 1 is 0.804 bits per heavy atom. The summed E-state index contributed by atoms with van der Waals surface area (Å²) >= 11 is 0. The molecule has 0 bridgehead atoms. The molecular weight excluding hydrogens is 648 g/mol. The van der Waals surface area contributed by atoms with E-state index >= 15 is 0 Å². The summed E-state index contributed by atoms with van der Waals surface area (Å²) in [6.07, 6.45) is 15.3. The van der Waals surface area contributed by atoms with Crippen LogP contribution in [0.4, 0.5) is 11.6 Å². The van der Waals surface area contributed by atoms with Gasteiger partial charge in [0.05, 0.1) is 12.8 Å². The standard InChI is InChI=1S/C38H52N8O5/c1-3-37(2,25-33-43-31(45-50-33)17-7-13-23-41-29-15-5-11-21-39-29)27-35(47)49-36(48)28-38(19-9-4-10-20-38)26-34-44-32(46-51-34)18-8-14-24-42-30-16-6-12-22-40-30/h5-6,11-12,15-16,21-22H,3-4,7-10,13-14,17-20,23-28H2,1-2H3,(H,39,41)(H,40,42). The lowest BCUT2D eigenvalue weighted by Crippen LogP contribution is -2.32. The summed E-state index contributed by atoms with van der Waals surface area (Å²) in [5.41, 5.74) is -0.861. The smallest absolute Gasteiger partial charge is 0.314 e. The first-order valence-electron chi connectivity index (χ1n) is 18.5. The first-order chi connectivity index (χ1) is 24.8. The predicted molar refractivity (Wildman–Crippen MR) is 192 cm³/mol. The number of nitrogens with zero attached hydrogens (tertiary/aromatic N) is 6. The van der Waals surface area contributed by atoms with Crippen molar-refractivity contribution in [2.75, 3.05) is 23.7 Å². The minimum absolute atomic E-state index is 0.0730. The van der Waals surface area contributed by atoms with E-state index < -0.39 is 17.4 Å². The van der Waals surface area contributed by atoms with E-state index in [0.29, 0.717) is 55.5 Å². The number of aryl methyl sites for hydroxylation is 2. The Hall–Kier alpha value is -4.68. The molecule has 2 N–H and O–H groups in total. The van der Waals surface area contributed by atoms with E-state index in [-0.39, 0.29) is 18.3 Å². The normalized spacial score (nSPS) is 15.2. The van der Waals surface area contributed by atoms with Crippen LogP contribution >= 0.6 is 0 Å². The Morgan fingerprint density at radius 2 is 1.39 bits per heavy atom. The maximum Gasteiger partial charge on any atom is 0.314 e. The molecule has 0 aromatic carbocycles. The molecule has 5 rings (SSSR count). The fourth-order valence-electron chi connectivity index (χ4n) is 6.68. The fourth-order valence-corrected chi connectivity index (χ4v) is 6.68. The van der Waals surface area contributed by atoms with Crippen LogP contribution in [0.5, 0.6) is 0 Å². The number of rotatable bonds is 21. The maximum atomic E-state index is 13.2. The van der Waals surface area contributed by atoms with Gasteiger partial charge in [0, 0.05) is 51.2 Å². The van der Waals surface area contributed by atoms with Gasteiger partial charge in [0.15, 0.2) is 11.6 Å². The summed E-state index contributed by atoms with van der Waals surface area (Å²) in [6, 6.07) is 11.6. The fraction of sp³-hybridized carbons (Fsp3) is 0.579. The second kappa shape index (κ2) is 19.1. The summed E-state index contributed by atoms with van der Waals surface area (Å²) in [5, 5.41) is 15.0. The molecule has 0 spiro atoms. The SMILES string of the molecule is CCC(C)(CC(=O)OC(=O)CC1(Cc2nc(CCCCNc3ccccn3)no2)CCCCC1)Cc1nc(CCCCNc2ccccn2)no1. The van der Waals surface area contributed by atoms with Gasteiger partial charge in [-0.15, -0.1) is 0 Å². The summed E-state index contributed by atoms with van der Waals surface area (Å²) in [5.74, 6) is 3.04. The van der Waals surface area contributed by atoms with Crippen LogP contribution in [-0.4, -0.2) is 55.3 Å². The number of anilines is 2. The third kappa shape index (κ3) is 12.6. The average Bonchev–Trinajstić information content (AvgIpc) is 3.77. The molecule has 1 unspecified atom stereocenters. The maximum absolute atomic E-state index is 13.2. The van der Waals surface area contributed by atoms with Gasteiger partial charge in [0.25, 0.3) is 0 Å². The highest BCUT2D eigenvalue weighted by Gasteiger charge is 2.38. The van der Waals surface area contributed by atoms with Crippen LogP contribution < -0.4 is 10.6 Å². The number of carbonyl (C=O) groups is 2. The van der Waals surface area contributed by atoms with E-state index in [1.54, 1.807) is 12.4 Å². The number of ether oxygens (including phenoxy) is 1. The second-order valence-corrected chi connectivity index (χ2v) is 14.2. The van der Waals surface area contributed by atoms with E-state index in [1.807, 2.05) is 50.2 Å². The highest BCUT2D eigenvalue weighted by atomic mass is 16.6. The van der Waals surface area contributed by atoms with Crippen molar-refractivity contribution in [3.8, 4) is 0 Å². The third-order valence-electron chi connectivity index (χ3n) is 9.81. The van der Waals surface area contributed by atoms with E-state index in [1.165, 1.54) is 0 Å². The van der Waals surface area contributed by atoms with Gasteiger partial charge in [-0.3, -0.25) is 9.59 Å². The van der Waals surface area contributed by atoms with Gasteiger partial charge < -0.3 is 24.4 Å².